The van der Waals surface area contributed by atoms with Gasteiger partial charge in [0.15, 0.2) is 0 Å². The van der Waals surface area contributed by atoms with Crippen molar-refractivity contribution >= 4 is 21.8 Å². The molecule has 1 atom stereocenters. The first-order valence-electron chi connectivity index (χ1n) is 6.39. The Morgan fingerprint density at radius 3 is 2.89 bits per heavy atom. The number of hydrogen-bond donors (Lipinski definition) is 1. The molecule has 0 radical (unpaired) electrons. The molecule has 1 aromatic rings. The highest BCUT2D eigenvalue weighted by atomic mass is 79.9. The molecule has 1 saturated carbocycles. The van der Waals surface area contributed by atoms with Crippen molar-refractivity contribution in [1.82, 2.24) is 5.32 Å². The molecule has 1 unspecified atom stereocenters. The van der Waals surface area contributed by atoms with E-state index in [4.69, 9.17) is 4.74 Å². The Morgan fingerprint density at radius 2 is 2.28 bits per heavy atom. The predicted octanol–water partition coefficient (Wildman–Crippen LogP) is 2.73. The monoisotopic (exact) mass is 309 g/mol. The third-order valence-corrected chi connectivity index (χ3v) is 4.21. The highest BCUT2D eigenvalue weighted by Crippen LogP contribution is 2.46. The Labute approximate surface area is 115 Å². The number of nitrogens with one attached hydrogen (secondary N) is 1. The average Bonchev–Trinajstić information content (AvgIpc) is 2.93. The minimum absolute atomic E-state index is 0.0463. The van der Waals surface area contributed by atoms with Crippen molar-refractivity contribution in [2.75, 3.05) is 6.61 Å². The lowest BCUT2D eigenvalue weighted by Gasteiger charge is -2.20. The van der Waals surface area contributed by atoms with E-state index in [1.807, 2.05) is 12.1 Å². The summed E-state index contributed by atoms with van der Waals surface area (Å²) in [6, 6.07) is 8.18. The molecule has 1 aliphatic heterocycles. The van der Waals surface area contributed by atoms with Crippen molar-refractivity contribution in [1.29, 1.82) is 0 Å². The van der Waals surface area contributed by atoms with Crippen LogP contribution in [0.1, 0.15) is 31.2 Å². The summed E-state index contributed by atoms with van der Waals surface area (Å²) < 4.78 is 6.48. The molecule has 1 aliphatic carbocycles. The Morgan fingerprint density at radius 1 is 1.44 bits per heavy atom. The van der Waals surface area contributed by atoms with Crippen LogP contribution in [0.5, 0.6) is 0 Å². The second kappa shape index (κ2) is 4.67. The van der Waals surface area contributed by atoms with Gasteiger partial charge >= 0.3 is 0 Å². The molecule has 4 heteroatoms. The van der Waals surface area contributed by atoms with Crippen LogP contribution in [0.25, 0.3) is 0 Å². The second-order valence-corrected chi connectivity index (χ2v) is 6.00. The first-order chi connectivity index (χ1) is 8.70. The van der Waals surface area contributed by atoms with Crippen molar-refractivity contribution < 1.29 is 9.53 Å². The summed E-state index contributed by atoms with van der Waals surface area (Å²) in [4.78, 5) is 12.1. The zero-order valence-corrected chi connectivity index (χ0v) is 11.7. The maximum atomic E-state index is 12.1. The number of benzene rings is 1. The Hall–Kier alpha value is -0.870. The van der Waals surface area contributed by atoms with E-state index < -0.39 is 0 Å². The van der Waals surface area contributed by atoms with E-state index in [0.717, 1.165) is 30.2 Å². The van der Waals surface area contributed by atoms with Crippen LogP contribution in [0.2, 0.25) is 0 Å². The lowest BCUT2D eigenvalue weighted by Crippen LogP contribution is -2.41. The maximum absolute atomic E-state index is 12.1. The van der Waals surface area contributed by atoms with Crippen molar-refractivity contribution in [3.63, 3.8) is 0 Å². The Kier molecular flexibility index (Phi) is 3.16. The number of ether oxygens (including phenoxy) is 1. The fourth-order valence-electron chi connectivity index (χ4n) is 2.50. The summed E-state index contributed by atoms with van der Waals surface area (Å²) in [6.07, 6.45) is 3.63. The van der Waals surface area contributed by atoms with Crippen LogP contribution in [-0.2, 0) is 15.1 Å². The second-order valence-electron chi connectivity index (χ2n) is 5.08. The fourth-order valence-corrected chi connectivity index (χ4v) is 2.90. The lowest BCUT2D eigenvalue weighted by molar-refractivity contribution is -0.131. The molecule has 18 heavy (non-hydrogen) atoms. The van der Waals surface area contributed by atoms with Gasteiger partial charge in [-0.05, 0) is 43.4 Å². The summed E-state index contributed by atoms with van der Waals surface area (Å²) >= 11 is 3.48. The van der Waals surface area contributed by atoms with Crippen molar-refractivity contribution in [3.8, 4) is 0 Å². The number of halogens is 1. The smallest absolute Gasteiger partial charge is 0.249 e. The van der Waals surface area contributed by atoms with Crippen LogP contribution in [0.15, 0.2) is 28.7 Å². The lowest BCUT2D eigenvalue weighted by atomic mass is 10.0. The zero-order chi connectivity index (χ0) is 12.6. The largest absolute Gasteiger partial charge is 0.368 e. The molecule has 0 aromatic heterocycles. The molecule has 0 bridgehead atoms. The fraction of sp³-hybridized carbons (Fsp3) is 0.500. The number of carbonyl (C=O) groups excluding carboxylic acids is 1. The number of hydrogen-bond acceptors (Lipinski definition) is 2. The van der Waals surface area contributed by atoms with Crippen LogP contribution in [-0.4, -0.2) is 18.6 Å². The predicted molar refractivity (Wildman–Crippen MR) is 72.2 cm³/mol. The Bertz CT molecular complexity index is 465. The number of amides is 1. The standard InChI is InChI=1S/C14H16BrNO2/c15-11-4-1-3-10(9-11)14(6-7-14)16-13(17)12-5-2-8-18-12/h1,3-4,9,12H,2,5-8H2,(H,16,17). The van der Waals surface area contributed by atoms with Gasteiger partial charge < -0.3 is 10.1 Å². The zero-order valence-electron chi connectivity index (χ0n) is 10.1. The summed E-state index contributed by atoms with van der Waals surface area (Å²) in [7, 11) is 0. The van der Waals surface area contributed by atoms with Gasteiger partial charge in [-0.25, -0.2) is 0 Å². The van der Waals surface area contributed by atoms with Crippen molar-refractivity contribution in [2.45, 2.75) is 37.3 Å². The van der Waals surface area contributed by atoms with Gasteiger partial charge in [0.2, 0.25) is 5.91 Å². The quantitative estimate of drug-likeness (QED) is 0.932. The van der Waals surface area contributed by atoms with Crippen LogP contribution in [0.4, 0.5) is 0 Å². The molecule has 2 fully saturated rings. The summed E-state index contributed by atoms with van der Waals surface area (Å²) in [5.74, 6) is 0.0463. The summed E-state index contributed by atoms with van der Waals surface area (Å²) in [6.45, 7) is 0.710. The molecule has 2 aliphatic rings. The number of rotatable bonds is 3. The van der Waals surface area contributed by atoms with Crippen LogP contribution < -0.4 is 5.32 Å². The molecular formula is C14H16BrNO2. The summed E-state index contributed by atoms with van der Waals surface area (Å²) in [5.41, 5.74) is 1.04. The van der Waals surface area contributed by atoms with E-state index in [1.54, 1.807) is 0 Å². The molecule has 0 spiro atoms. The van der Waals surface area contributed by atoms with E-state index in [-0.39, 0.29) is 17.6 Å². The molecule has 3 nitrogen and oxygen atoms in total. The minimum Gasteiger partial charge on any atom is -0.368 e. The van der Waals surface area contributed by atoms with E-state index in [0.29, 0.717) is 6.61 Å². The van der Waals surface area contributed by atoms with E-state index >= 15 is 0 Å². The van der Waals surface area contributed by atoms with Gasteiger partial charge in [-0.1, -0.05) is 28.1 Å². The maximum Gasteiger partial charge on any atom is 0.249 e. The first kappa shape index (κ1) is 12.2. The van der Waals surface area contributed by atoms with Gasteiger partial charge in [0.25, 0.3) is 0 Å². The van der Waals surface area contributed by atoms with Gasteiger partial charge in [0.1, 0.15) is 6.10 Å². The van der Waals surface area contributed by atoms with Gasteiger partial charge in [0.05, 0.1) is 5.54 Å². The third-order valence-electron chi connectivity index (χ3n) is 3.71. The molecule has 96 valence electrons. The van der Waals surface area contributed by atoms with E-state index in [1.165, 1.54) is 5.56 Å². The van der Waals surface area contributed by atoms with Gasteiger partial charge in [-0.2, -0.15) is 0 Å². The van der Waals surface area contributed by atoms with Gasteiger partial charge in [-0.15, -0.1) is 0 Å². The molecule has 1 heterocycles. The van der Waals surface area contributed by atoms with Crippen LogP contribution >= 0.6 is 15.9 Å². The average molecular weight is 310 g/mol. The van der Waals surface area contributed by atoms with Crippen LogP contribution in [0.3, 0.4) is 0 Å². The molecule has 1 saturated heterocycles. The molecule has 1 amide bonds. The Balaban J connectivity index is 1.73. The highest BCUT2D eigenvalue weighted by molar-refractivity contribution is 9.10. The SMILES string of the molecule is O=C(NC1(c2cccc(Br)c2)CC1)C1CCCO1. The number of carbonyl (C=O) groups is 1. The first-order valence-corrected chi connectivity index (χ1v) is 7.19. The molecule has 3 rings (SSSR count). The topological polar surface area (TPSA) is 38.3 Å². The summed E-state index contributed by atoms with van der Waals surface area (Å²) in [5, 5.41) is 3.17. The third kappa shape index (κ3) is 2.31. The van der Waals surface area contributed by atoms with E-state index in [2.05, 4.69) is 33.4 Å². The van der Waals surface area contributed by atoms with Crippen molar-refractivity contribution in [3.05, 3.63) is 34.3 Å². The van der Waals surface area contributed by atoms with Gasteiger partial charge in [-0.3, -0.25) is 4.79 Å². The molecular weight excluding hydrogens is 294 g/mol. The molecule has 1 aromatic carbocycles. The minimum atomic E-state index is -0.241. The molecule has 1 N–H and O–H groups in total. The van der Waals surface area contributed by atoms with E-state index in [9.17, 15) is 4.79 Å². The normalized spacial score (nSPS) is 24.8. The van der Waals surface area contributed by atoms with Crippen LogP contribution in [0, 0.1) is 0 Å². The van der Waals surface area contributed by atoms with Gasteiger partial charge in [0, 0.05) is 11.1 Å². The highest BCUT2D eigenvalue weighted by Gasteiger charge is 2.46. The van der Waals surface area contributed by atoms with Crippen molar-refractivity contribution in [2.24, 2.45) is 0 Å².